The fourth-order valence-electron chi connectivity index (χ4n) is 2.94. The van der Waals surface area contributed by atoms with Crippen LogP contribution in [0.15, 0.2) is 29.2 Å². The molecule has 0 saturated carbocycles. The van der Waals surface area contributed by atoms with Gasteiger partial charge in [0.25, 0.3) is 5.91 Å². The molecule has 0 bridgehead atoms. The molecule has 1 atom stereocenters. The summed E-state index contributed by atoms with van der Waals surface area (Å²) in [6.07, 6.45) is 4.01. The molecular weight excluding hydrogens is 398 g/mol. The van der Waals surface area contributed by atoms with Crippen LogP contribution >= 0.6 is 0 Å². The number of esters is 1. The van der Waals surface area contributed by atoms with Crippen molar-refractivity contribution >= 4 is 33.5 Å². The molecule has 2 rings (SSSR count). The normalized spacial score (nSPS) is 15.9. The molecule has 2 N–H and O–H groups in total. The van der Waals surface area contributed by atoms with Crippen LogP contribution in [0.4, 0.5) is 5.69 Å². The zero-order valence-electron chi connectivity index (χ0n) is 16.6. The monoisotopic (exact) mass is 425 g/mol. The maximum atomic E-state index is 12.4. The molecule has 1 saturated heterocycles. The van der Waals surface area contributed by atoms with Crippen molar-refractivity contribution < 1.29 is 27.5 Å². The topological polar surface area (TPSA) is 122 Å². The molecule has 2 amide bonds. The predicted octanol–water partition coefficient (Wildman–Crippen LogP) is 1.26. The zero-order chi connectivity index (χ0) is 21.4. The number of rotatable bonds is 7. The van der Waals surface area contributed by atoms with E-state index in [1.165, 1.54) is 38.1 Å². The third-order valence-electron chi connectivity index (χ3n) is 4.47. The molecular formula is C19H27N3O6S. The standard InChI is InChI=1S/C19H27N3O6S/c1-14(19(25)28-13-18(24)22-11-5-3-4-6-12-22)21-29(26,27)17-9-7-16(8-10-17)20-15(2)23/h7-10,14,21H,3-6,11-13H2,1-2H3,(H,20,23)/t14-/m0/s1. The van der Waals surface area contributed by atoms with Gasteiger partial charge in [-0.05, 0) is 44.0 Å². The summed E-state index contributed by atoms with van der Waals surface area (Å²) in [6.45, 7) is 3.58. The first-order valence-corrected chi connectivity index (χ1v) is 11.0. The number of sulfonamides is 1. The third-order valence-corrected chi connectivity index (χ3v) is 6.02. The van der Waals surface area contributed by atoms with Crippen LogP contribution in [0.1, 0.15) is 39.5 Å². The Morgan fingerprint density at radius 2 is 1.66 bits per heavy atom. The van der Waals surface area contributed by atoms with E-state index < -0.39 is 28.6 Å². The SMILES string of the molecule is CC(=O)Nc1ccc(S(=O)(=O)N[C@@H](C)C(=O)OCC(=O)N2CCCCCC2)cc1. The highest BCUT2D eigenvalue weighted by Crippen LogP contribution is 2.15. The highest BCUT2D eigenvalue weighted by molar-refractivity contribution is 7.89. The highest BCUT2D eigenvalue weighted by atomic mass is 32.2. The van der Waals surface area contributed by atoms with E-state index in [0.29, 0.717) is 18.8 Å². The lowest BCUT2D eigenvalue weighted by molar-refractivity contribution is -0.153. The van der Waals surface area contributed by atoms with E-state index in [2.05, 4.69) is 10.0 Å². The molecule has 1 aromatic carbocycles. The Morgan fingerprint density at radius 3 is 2.21 bits per heavy atom. The highest BCUT2D eigenvalue weighted by Gasteiger charge is 2.25. The third kappa shape index (κ3) is 7.13. The van der Waals surface area contributed by atoms with Gasteiger partial charge in [0.15, 0.2) is 6.61 Å². The van der Waals surface area contributed by atoms with Gasteiger partial charge in [-0.1, -0.05) is 12.8 Å². The second kappa shape index (κ2) is 10.4. The number of anilines is 1. The Morgan fingerprint density at radius 1 is 1.07 bits per heavy atom. The van der Waals surface area contributed by atoms with Gasteiger partial charge in [0.1, 0.15) is 6.04 Å². The summed E-state index contributed by atoms with van der Waals surface area (Å²) in [5, 5.41) is 2.54. The van der Waals surface area contributed by atoms with Crippen molar-refractivity contribution in [2.24, 2.45) is 0 Å². The molecule has 0 spiro atoms. The fourth-order valence-corrected chi connectivity index (χ4v) is 4.13. The molecule has 10 heteroatoms. The Labute approximate surface area is 170 Å². The molecule has 1 aromatic rings. The van der Waals surface area contributed by atoms with E-state index in [9.17, 15) is 22.8 Å². The van der Waals surface area contributed by atoms with Gasteiger partial charge in [-0.15, -0.1) is 0 Å². The fraction of sp³-hybridized carbons (Fsp3) is 0.526. The maximum absolute atomic E-state index is 12.4. The molecule has 29 heavy (non-hydrogen) atoms. The van der Waals surface area contributed by atoms with Gasteiger partial charge >= 0.3 is 5.97 Å². The van der Waals surface area contributed by atoms with E-state index >= 15 is 0 Å². The molecule has 160 valence electrons. The van der Waals surface area contributed by atoms with Crippen molar-refractivity contribution in [3.8, 4) is 0 Å². The minimum Gasteiger partial charge on any atom is -0.454 e. The number of ether oxygens (including phenoxy) is 1. The van der Waals surface area contributed by atoms with Gasteiger partial charge in [0, 0.05) is 25.7 Å². The number of likely N-dealkylation sites (tertiary alicyclic amines) is 1. The van der Waals surface area contributed by atoms with Crippen molar-refractivity contribution in [1.29, 1.82) is 0 Å². The molecule has 9 nitrogen and oxygen atoms in total. The van der Waals surface area contributed by atoms with Gasteiger partial charge in [-0.2, -0.15) is 4.72 Å². The second-order valence-corrected chi connectivity index (χ2v) is 8.67. The smallest absolute Gasteiger partial charge is 0.324 e. The van der Waals surface area contributed by atoms with E-state index in [1.54, 1.807) is 4.90 Å². The van der Waals surface area contributed by atoms with Crippen molar-refractivity contribution in [3.05, 3.63) is 24.3 Å². The summed E-state index contributed by atoms with van der Waals surface area (Å²) in [5.41, 5.74) is 0.455. The molecule has 0 unspecified atom stereocenters. The largest absolute Gasteiger partial charge is 0.454 e. The Hall–Kier alpha value is -2.46. The molecule has 1 heterocycles. The van der Waals surface area contributed by atoms with Gasteiger partial charge in [-0.25, -0.2) is 8.42 Å². The van der Waals surface area contributed by atoms with Crippen LogP contribution in [0, 0.1) is 0 Å². The van der Waals surface area contributed by atoms with Crippen molar-refractivity contribution in [2.75, 3.05) is 25.0 Å². The zero-order valence-corrected chi connectivity index (χ0v) is 17.5. The predicted molar refractivity (Wildman–Crippen MR) is 107 cm³/mol. The number of nitrogens with one attached hydrogen (secondary N) is 2. The van der Waals surface area contributed by atoms with Crippen molar-refractivity contribution in [2.45, 2.75) is 50.5 Å². The summed E-state index contributed by atoms with van der Waals surface area (Å²) in [6, 6.07) is 4.35. The summed E-state index contributed by atoms with van der Waals surface area (Å²) < 4.78 is 32.1. The number of nitrogens with zero attached hydrogens (tertiary/aromatic N) is 1. The molecule has 0 aliphatic carbocycles. The van der Waals surface area contributed by atoms with Crippen molar-refractivity contribution in [1.82, 2.24) is 9.62 Å². The molecule has 0 aromatic heterocycles. The lowest BCUT2D eigenvalue weighted by Crippen LogP contribution is -2.41. The maximum Gasteiger partial charge on any atom is 0.324 e. The summed E-state index contributed by atoms with van der Waals surface area (Å²) in [7, 11) is -3.97. The Bertz CT molecular complexity index is 830. The lowest BCUT2D eigenvalue weighted by atomic mass is 10.2. The summed E-state index contributed by atoms with van der Waals surface area (Å²) in [5.74, 6) is -1.37. The Kier molecular flexibility index (Phi) is 8.15. The van der Waals surface area contributed by atoms with E-state index in [0.717, 1.165) is 25.7 Å². The van der Waals surface area contributed by atoms with Crippen LogP contribution in [-0.2, 0) is 29.1 Å². The Balaban J connectivity index is 1.88. The quantitative estimate of drug-likeness (QED) is 0.634. The van der Waals surface area contributed by atoms with Gasteiger partial charge in [0.2, 0.25) is 15.9 Å². The van der Waals surface area contributed by atoms with Crippen LogP contribution in [0.3, 0.4) is 0 Å². The van der Waals surface area contributed by atoms with Crippen LogP contribution in [0.2, 0.25) is 0 Å². The van der Waals surface area contributed by atoms with E-state index in [1.807, 2.05) is 0 Å². The number of hydrogen-bond acceptors (Lipinski definition) is 6. The number of benzene rings is 1. The van der Waals surface area contributed by atoms with E-state index in [4.69, 9.17) is 4.74 Å². The average Bonchev–Trinajstić information content (AvgIpc) is 2.95. The minimum absolute atomic E-state index is 0.0631. The molecule has 1 fully saturated rings. The van der Waals surface area contributed by atoms with Crippen LogP contribution in [0.25, 0.3) is 0 Å². The number of amides is 2. The summed E-state index contributed by atoms with van der Waals surface area (Å²) in [4.78, 5) is 36.9. The first-order valence-electron chi connectivity index (χ1n) is 9.53. The van der Waals surface area contributed by atoms with Gasteiger partial charge in [-0.3, -0.25) is 14.4 Å². The van der Waals surface area contributed by atoms with Crippen LogP contribution in [-0.4, -0.2) is 56.8 Å². The first-order chi connectivity index (χ1) is 13.7. The van der Waals surface area contributed by atoms with Gasteiger partial charge in [0.05, 0.1) is 4.90 Å². The summed E-state index contributed by atoms with van der Waals surface area (Å²) >= 11 is 0. The number of carbonyl (C=O) groups excluding carboxylic acids is 3. The van der Waals surface area contributed by atoms with Gasteiger partial charge < -0.3 is 15.0 Å². The molecule has 1 aliphatic heterocycles. The van der Waals surface area contributed by atoms with E-state index in [-0.39, 0.29) is 16.7 Å². The number of hydrogen-bond donors (Lipinski definition) is 2. The second-order valence-electron chi connectivity index (χ2n) is 6.95. The van der Waals surface area contributed by atoms with Crippen molar-refractivity contribution in [3.63, 3.8) is 0 Å². The number of carbonyl (C=O) groups is 3. The lowest BCUT2D eigenvalue weighted by Gasteiger charge is -2.20. The molecule has 1 aliphatic rings. The van der Waals surface area contributed by atoms with Crippen LogP contribution in [0.5, 0.6) is 0 Å². The van der Waals surface area contributed by atoms with Crippen LogP contribution < -0.4 is 10.0 Å². The minimum atomic E-state index is -3.97. The first kappa shape index (κ1) is 22.8. The average molecular weight is 426 g/mol. The molecule has 0 radical (unpaired) electrons.